The zero-order valence-corrected chi connectivity index (χ0v) is 11.6. The predicted molar refractivity (Wildman–Crippen MR) is 79.8 cm³/mol. The van der Waals surface area contributed by atoms with Gasteiger partial charge in [0.15, 0.2) is 0 Å². The van der Waals surface area contributed by atoms with Gasteiger partial charge in [0, 0.05) is 23.0 Å². The summed E-state index contributed by atoms with van der Waals surface area (Å²) in [4.78, 5) is 14.0. The number of halogens is 1. The van der Waals surface area contributed by atoms with E-state index in [9.17, 15) is 4.79 Å². The number of anilines is 1. The molecule has 0 saturated carbocycles. The van der Waals surface area contributed by atoms with Gasteiger partial charge < -0.3 is 20.7 Å². The fourth-order valence-electron chi connectivity index (χ4n) is 2.63. The Labute approximate surface area is 121 Å². The molecule has 0 radical (unpaired) electrons. The minimum absolute atomic E-state index is 0.173. The molecule has 1 atom stereocenters. The van der Waals surface area contributed by atoms with Crippen LogP contribution in [-0.4, -0.2) is 35.2 Å². The average molecular weight is 294 g/mol. The molecule has 1 aromatic heterocycles. The van der Waals surface area contributed by atoms with E-state index in [-0.39, 0.29) is 5.69 Å². The molecule has 4 N–H and O–H groups in total. The van der Waals surface area contributed by atoms with E-state index >= 15 is 0 Å². The van der Waals surface area contributed by atoms with E-state index in [4.69, 9.17) is 16.7 Å². The van der Waals surface area contributed by atoms with Crippen molar-refractivity contribution in [2.24, 2.45) is 0 Å². The maximum Gasteiger partial charge on any atom is 0.352 e. The van der Waals surface area contributed by atoms with Crippen molar-refractivity contribution in [3.05, 3.63) is 28.9 Å². The molecule has 2 heterocycles. The lowest BCUT2D eigenvalue weighted by atomic mass is 10.1. The second-order valence-electron chi connectivity index (χ2n) is 5.09. The minimum Gasteiger partial charge on any atom is -0.477 e. The van der Waals surface area contributed by atoms with E-state index < -0.39 is 5.97 Å². The highest BCUT2D eigenvalue weighted by molar-refractivity contribution is 6.32. The summed E-state index contributed by atoms with van der Waals surface area (Å²) in [5.74, 6) is -0.970. The van der Waals surface area contributed by atoms with Crippen LogP contribution in [0, 0.1) is 0 Å². The number of carbonyl (C=O) groups is 1. The molecule has 0 bridgehead atoms. The third-order valence-electron chi connectivity index (χ3n) is 3.58. The first-order valence-corrected chi connectivity index (χ1v) is 7.04. The van der Waals surface area contributed by atoms with Crippen LogP contribution in [0.4, 0.5) is 5.69 Å². The molecule has 1 fully saturated rings. The molecule has 2 aromatic rings. The summed E-state index contributed by atoms with van der Waals surface area (Å²) < 4.78 is 0. The zero-order valence-electron chi connectivity index (χ0n) is 10.9. The fraction of sp³-hybridized carbons (Fsp3) is 0.357. The van der Waals surface area contributed by atoms with Gasteiger partial charge in [0.1, 0.15) is 5.69 Å². The summed E-state index contributed by atoms with van der Waals surface area (Å²) in [5, 5.41) is 17.3. The molecule has 1 unspecified atom stereocenters. The number of benzene rings is 1. The molecule has 0 amide bonds. The Kier molecular flexibility index (Phi) is 3.54. The number of nitrogens with one attached hydrogen (secondary N) is 3. The van der Waals surface area contributed by atoms with Crippen LogP contribution in [0.25, 0.3) is 10.9 Å². The summed E-state index contributed by atoms with van der Waals surface area (Å²) >= 11 is 6.11. The molecule has 0 aliphatic carbocycles. The number of aromatic carboxylic acids is 1. The quantitative estimate of drug-likeness (QED) is 0.702. The molecule has 20 heavy (non-hydrogen) atoms. The standard InChI is InChI=1S/C14H16ClN3O2/c15-9-4-8-5-12(14(19)20)18-13(8)11(6-9)17-10-2-1-3-16-7-10/h4-6,10,16-18H,1-3,7H2,(H,19,20). The minimum atomic E-state index is -0.970. The molecule has 0 spiro atoms. The van der Waals surface area contributed by atoms with Crippen molar-refractivity contribution in [3.8, 4) is 0 Å². The van der Waals surface area contributed by atoms with E-state index in [0.29, 0.717) is 11.1 Å². The van der Waals surface area contributed by atoms with Crippen LogP contribution in [0.15, 0.2) is 18.2 Å². The third kappa shape index (κ3) is 2.59. The number of hydrogen-bond donors (Lipinski definition) is 4. The predicted octanol–water partition coefficient (Wildman–Crippen LogP) is 2.68. The Morgan fingerprint density at radius 2 is 2.25 bits per heavy atom. The molecule has 1 aromatic carbocycles. The lowest BCUT2D eigenvalue weighted by Gasteiger charge is -2.25. The van der Waals surface area contributed by atoms with Gasteiger partial charge in [-0.25, -0.2) is 4.79 Å². The van der Waals surface area contributed by atoms with Crippen LogP contribution < -0.4 is 10.6 Å². The molecule has 1 aliphatic heterocycles. The monoisotopic (exact) mass is 293 g/mol. The highest BCUT2D eigenvalue weighted by atomic mass is 35.5. The van der Waals surface area contributed by atoms with Crippen molar-refractivity contribution in [3.63, 3.8) is 0 Å². The second-order valence-corrected chi connectivity index (χ2v) is 5.53. The van der Waals surface area contributed by atoms with Gasteiger partial charge in [-0.1, -0.05) is 11.6 Å². The maximum absolute atomic E-state index is 11.1. The maximum atomic E-state index is 11.1. The van der Waals surface area contributed by atoms with E-state index in [1.54, 1.807) is 12.1 Å². The number of H-pyrrole nitrogens is 1. The van der Waals surface area contributed by atoms with E-state index in [1.165, 1.54) is 0 Å². The van der Waals surface area contributed by atoms with Gasteiger partial charge in [-0.3, -0.25) is 0 Å². The summed E-state index contributed by atoms with van der Waals surface area (Å²) in [6.45, 7) is 1.95. The number of carboxylic acids is 1. The second kappa shape index (κ2) is 5.34. The van der Waals surface area contributed by atoms with Crippen LogP contribution >= 0.6 is 11.6 Å². The van der Waals surface area contributed by atoms with Crippen LogP contribution in [0.5, 0.6) is 0 Å². The van der Waals surface area contributed by atoms with Gasteiger partial charge >= 0.3 is 5.97 Å². The topological polar surface area (TPSA) is 77.2 Å². The largest absolute Gasteiger partial charge is 0.477 e. The fourth-order valence-corrected chi connectivity index (χ4v) is 2.86. The van der Waals surface area contributed by atoms with Crippen molar-refractivity contribution < 1.29 is 9.90 Å². The highest BCUT2D eigenvalue weighted by Crippen LogP contribution is 2.29. The Balaban J connectivity index is 1.97. The van der Waals surface area contributed by atoms with Crippen molar-refractivity contribution in [1.29, 1.82) is 0 Å². The first-order valence-electron chi connectivity index (χ1n) is 6.66. The number of aromatic nitrogens is 1. The summed E-state index contributed by atoms with van der Waals surface area (Å²) in [6.07, 6.45) is 2.22. The number of fused-ring (bicyclic) bond motifs is 1. The Bertz CT molecular complexity index is 647. The molecule has 6 heteroatoms. The molecule has 3 rings (SSSR count). The van der Waals surface area contributed by atoms with Gasteiger partial charge in [0.05, 0.1) is 11.2 Å². The van der Waals surface area contributed by atoms with Gasteiger partial charge in [-0.05, 0) is 37.6 Å². The van der Waals surface area contributed by atoms with Crippen molar-refractivity contribution in [2.75, 3.05) is 18.4 Å². The van der Waals surface area contributed by atoms with Crippen molar-refractivity contribution >= 4 is 34.2 Å². The van der Waals surface area contributed by atoms with E-state index in [2.05, 4.69) is 15.6 Å². The summed E-state index contributed by atoms with van der Waals surface area (Å²) in [5.41, 5.74) is 1.82. The number of hydrogen-bond acceptors (Lipinski definition) is 3. The molecule has 106 valence electrons. The number of aromatic amines is 1. The van der Waals surface area contributed by atoms with Crippen molar-refractivity contribution in [1.82, 2.24) is 10.3 Å². The van der Waals surface area contributed by atoms with Crippen LogP contribution in [0.1, 0.15) is 23.3 Å². The van der Waals surface area contributed by atoms with Crippen molar-refractivity contribution in [2.45, 2.75) is 18.9 Å². The Morgan fingerprint density at radius 3 is 2.95 bits per heavy atom. The molecule has 1 aliphatic rings. The number of rotatable bonds is 3. The highest BCUT2D eigenvalue weighted by Gasteiger charge is 2.16. The Hall–Kier alpha value is -1.72. The van der Waals surface area contributed by atoms with Crippen LogP contribution in [0.3, 0.4) is 0 Å². The van der Waals surface area contributed by atoms with Gasteiger partial charge in [0.2, 0.25) is 0 Å². The lowest BCUT2D eigenvalue weighted by molar-refractivity contribution is 0.0691. The molecule has 5 nitrogen and oxygen atoms in total. The van der Waals surface area contributed by atoms with Gasteiger partial charge in [-0.2, -0.15) is 0 Å². The van der Waals surface area contributed by atoms with Crippen LogP contribution in [-0.2, 0) is 0 Å². The molecular formula is C14H16ClN3O2. The van der Waals surface area contributed by atoms with Gasteiger partial charge in [-0.15, -0.1) is 0 Å². The molecular weight excluding hydrogens is 278 g/mol. The SMILES string of the molecule is O=C(O)c1cc2cc(Cl)cc(NC3CCCNC3)c2[nH]1. The summed E-state index contributed by atoms with van der Waals surface area (Å²) in [7, 11) is 0. The smallest absolute Gasteiger partial charge is 0.352 e. The van der Waals surface area contributed by atoms with E-state index in [1.807, 2.05) is 6.07 Å². The average Bonchev–Trinajstić information content (AvgIpc) is 2.84. The Morgan fingerprint density at radius 1 is 1.40 bits per heavy atom. The van der Waals surface area contributed by atoms with Crippen LogP contribution in [0.2, 0.25) is 5.02 Å². The summed E-state index contributed by atoms with van der Waals surface area (Å²) in [6, 6.07) is 5.54. The number of carboxylic acid groups (broad SMARTS) is 1. The number of piperidine rings is 1. The van der Waals surface area contributed by atoms with Gasteiger partial charge in [0.25, 0.3) is 0 Å². The zero-order chi connectivity index (χ0) is 14.1. The van der Waals surface area contributed by atoms with E-state index in [0.717, 1.165) is 42.5 Å². The first kappa shape index (κ1) is 13.3. The third-order valence-corrected chi connectivity index (χ3v) is 3.80. The first-order chi connectivity index (χ1) is 9.63. The molecule has 1 saturated heterocycles. The lowest BCUT2D eigenvalue weighted by Crippen LogP contribution is -2.38. The normalized spacial score (nSPS) is 19.1.